The molecule has 8 heteroatoms. The molecule has 1 aliphatic rings. The lowest BCUT2D eigenvalue weighted by Gasteiger charge is -2.26. The van der Waals surface area contributed by atoms with Crippen molar-refractivity contribution in [2.75, 3.05) is 6.61 Å². The second kappa shape index (κ2) is 9.91. The maximum Gasteiger partial charge on any atom is 0.301 e. The predicted molar refractivity (Wildman–Crippen MR) is 140 cm³/mol. The third kappa shape index (κ3) is 5.22. The Labute approximate surface area is 215 Å². The van der Waals surface area contributed by atoms with Gasteiger partial charge in [-0.05, 0) is 62.4 Å². The van der Waals surface area contributed by atoms with Gasteiger partial charge >= 0.3 is 6.01 Å². The molecule has 2 N–H and O–H groups in total. The molecular weight excluding hydrogens is 476 g/mol. The highest BCUT2D eigenvalue weighted by Crippen LogP contribution is 2.33. The summed E-state index contributed by atoms with van der Waals surface area (Å²) in [5.74, 6) is 0.533. The molecule has 4 aromatic rings. The largest absolute Gasteiger partial charge is 0.426 e. The number of hydrogen-bond acceptors (Lipinski definition) is 5. The van der Waals surface area contributed by atoms with Crippen molar-refractivity contribution in [3.05, 3.63) is 70.7 Å². The quantitative estimate of drug-likeness (QED) is 0.305. The fourth-order valence-corrected chi connectivity index (χ4v) is 4.83. The Morgan fingerprint density at radius 2 is 1.86 bits per heavy atom. The van der Waals surface area contributed by atoms with Crippen LogP contribution in [0.3, 0.4) is 0 Å². The first kappa shape index (κ1) is 24.3. The predicted octanol–water partition coefficient (Wildman–Crippen LogP) is 6.68. The lowest BCUT2D eigenvalue weighted by molar-refractivity contribution is -0.120. The first-order valence-corrected chi connectivity index (χ1v) is 12.5. The summed E-state index contributed by atoms with van der Waals surface area (Å²) in [6.07, 6.45) is 3.54. The van der Waals surface area contributed by atoms with Crippen molar-refractivity contribution < 1.29 is 14.3 Å². The van der Waals surface area contributed by atoms with Gasteiger partial charge in [-0.15, -0.1) is 0 Å². The van der Waals surface area contributed by atoms with Gasteiger partial charge in [-0.1, -0.05) is 48.0 Å². The maximum atomic E-state index is 11.5. The van der Waals surface area contributed by atoms with E-state index in [1.165, 1.54) is 18.9 Å². The summed E-state index contributed by atoms with van der Waals surface area (Å²) in [7, 11) is 0. The Morgan fingerprint density at radius 1 is 1.11 bits per heavy atom. The number of aromatic nitrogens is 3. The van der Waals surface area contributed by atoms with Crippen molar-refractivity contribution in [2.24, 2.45) is 0 Å². The summed E-state index contributed by atoms with van der Waals surface area (Å²) in [6.45, 7) is 6.23. The lowest BCUT2D eigenvalue weighted by Crippen LogP contribution is -2.39. The van der Waals surface area contributed by atoms with Gasteiger partial charge in [0.15, 0.2) is 5.65 Å². The molecule has 2 aromatic heterocycles. The summed E-state index contributed by atoms with van der Waals surface area (Å²) in [5, 5.41) is 3.47. The number of carbonyl (C=O) groups is 1. The Kier molecular flexibility index (Phi) is 6.69. The van der Waals surface area contributed by atoms with Gasteiger partial charge < -0.3 is 19.8 Å². The van der Waals surface area contributed by atoms with Crippen LogP contribution in [0, 0.1) is 0 Å². The topological polar surface area (TPSA) is 89.1 Å². The van der Waals surface area contributed by atoms with Crippen molar-refractivity contribution in [1.29, 1.82) is 0 Å². The summed E-state index contributed by atoms with van der Waals surface area (Å²) in [6, 6.07) is 17.9. The van der Waals surface area contributed by atoms with Crippen LogP contribution < -0.4 is 10.1 Å². The number of halogens is 1. The average Bonchev–Trinajstić information content (AvgIpc) is 3.24. The molecule has 7 nitrogen and oxygen atoms in total. The van der Waals surface area contributed by atoms with Crippen LogP contribution in [0.4, 0.5) is 0 Å². The summed E-state index contributed by atoms with van der Waals surface area (Å²) < 4.78 is 11.8. The van der Waals surface area contributed by atoms with Crippen LogP contribution in [-0.2, 0) is 15.1 Å². The van der Waals surface area contributed by atoms with Crippen LogP contribution in [0.5, 0.6) is 11.8 Å². The number of imidazole rings is 1. The van der Waals surface area contributed by atoms with E-state index in [4.69, 9.17) is 26.1 Å². The molecule has 1 unspecified atom stereocenters. The molecule has 2 aromatic carbocycles. The molecule has 1 aliphatic heterocycles. The average molecular weight is 505 g/mol. The van der Waals surface area contributed by atoms with Gasteiger partial charge in [-0.3, -0.25) is 4.79 Å². The second-order valence-corrected chi connectivity index (χ2v) is 10.0. The monoisotopic (exact) mass is 504 g/mol. The summed E-state index contributed by atoms with van der Waals surface area (Å²) in [4.78, 5) is 23.8. The van der Waals surface area contributed by atoms with Crippen LogP contribution in [0.2, 0.25) is 5.02 Å². The number of aromatic amines is 1. The van der Waals surface area contributed by atoms with Crippen LogP contribution in [0.1, 0.15) is 57.3 Å². The van der Waals surface area contributed by atoms with E-state index in [0.717, 1.165) is 30.6 Å². The molecule has 186 valence electrons. The van der Waals surface area contributed by atoms with Crippen LogP contribution in [0.25, 0.3) is 22.4 Å². The van der Waals surface area contributed by atoms with Gasteiger partial charge in [0, 0.05) is 19.1 Å². The van der Waals surface area contributed by atoms with E-state index in [0.29, 0.717) is 33.6 Å². The van der Waals surface area contributed by atoms with E-state index in [9.17, 15) is 4.79 Å². The van der Waals surface area contributed by atoms with Crippen LogP contribution in [-0.4, -0.2) is 27.5 Å². The van der Waals surface area contributed by atoms with E-state index in [-0.39, 0.29) is 12.0 Å². The Bertz CT molecular complexity index is 1370. The van der Waals surface area contributed by atoms with E-state index >= 15 is 0 Å². The third-order valence-electron chi connectivity index (χ3n) is 6.42. The fraction of sp³-hybridized carbons (Fsp3) is 0.321. The van der Waals surface area contributed by atoms with Gasteiger partial charge in [0.2, 0.25) is 5.91 Å². The number of nitrogens with zero attached hydrogens (tertiary/aromatic N) is 2. The zero-order valence-corrected chi connectivity index (χ0v) is 21.4. The molecule has 5 rings (SSSR count). The normalized spacial score (nSPS) is 16.2. The first-order chi connectivity index (χ1) is 17.3. The number of carbonyl (C=O) groups excluding carboxylic acids is 1. The number of amides is 1. The molecule has 0 radical (unpaired) electrons. The summed E-state index contributed by atoms with van der Waals surface area (Å²) >= 11 is 6.59. The molecule has 0 saturated carbocycles. The smallest absolute Gasteiger partial charge is 0.301 e. The number of pyridine rings is 1. The van der Waals surface area contributed by atoms with E-state index in [1.54, 1.807) is 0 Å². The fourth-order valence-electron chi connectivity index (χ4n) is 4.57. The molecule has 0 bridgehead atoms. The molecule has 3 heterocycles. The number of H-pyrrole nitrogens is 1. The Hall–Kier alpha value is -3.42. The minimum atomic E-state index is -0.484. The lowest BCUT2D eigenvalue weighted by atomic mass is 9.94. The SMILES string of the molecule is CC(=O)NC(C)(C)c1ccc(Oc2nc3nc(-c4ccc(C5CCCCO5)cc4)c(Cl)cc3[nH]2)cc1. The van der Waals surface area contributed by atoms with E-state index < -0.39 is 5.54 Å². The van der Waals surface area contributed by atoms with Crippen LogP contribution >= 0.6 is 11.6 Å². The molecule has 0 aliphatic carbocycles. The number of fused-ring (bicyclic) bond motifs is 1. The third-order valence-corrected chi connectivity index (χ3v) is 6.71. The molecule has 36 heavy (non-hydrogen) atoms. The number of rotatable bonds is 6. The number of nitrogens with one attached hydrogen (secondary N) is 2. The molecular formula is C28H29ClN4O3. The van der Waals surface area contributed by atoms with Gasteiger partial charge in [0.1, 0.15) is 5.75 Å². The van der Waals surface area contributed by atoms with Gasteiger partial charge in [0.25, 0.3) is 0 Å². The highest BCUT2D eigenvalue weighted by Gasteiger charge is 2.21. The summed E-state index contributed by atoms with van der Waals surface area (Å²) in [5.41, 5.74) is 4.46. The number of benzene rings is 2. The standard InChI is InChI=1S/C28H29ClN4O3/c1-17(34)33-28(2,3)20-11-13-21(14-12-20)36-27-30-23-16-22(29)25(31-26(23)32-27)19-9-7-18(8-10-19)24-6-4-5-15-35-24/h7-14,16,24H,4-6,15H2,1-3H3,(H,33,34)(H,30,31,32). The molecule has 0 spiro atoms. The second-order valence-electron chi connectivity index (χ2n) is 9.64. The first-order valence-electron chi connectivity index (χ1n) is 12.1. The van der Waals surface area contributed by atoms with Crippen LogP contribution in [0.15, 0.2) is 54.6 Å². The van der Waals surface area contributed by atoms with E-state index in [1.807, 2.05) is 56.3 Å². The highest BCUT2D eigenvalue weighted by atomic mass is 35.5. The minimum absolute atomic E-state index is 0.0812. The highest BCUT2D eigenvalue weighted by molar-refractivity contribution is 6.33. The van der Waals surface area contributed by atoms with Crippen molar-refractivity contribution in [3.63, 3.8) is 0 Å². The zero-order chi connectivity index (χ0) is 25.3. The van der Waals surface area contributed by atoms with E-state index in [2.05, 4.69) is 27.4 Å². The number of hydrogen-bond donors (Lipinski definition) is 2. The Morgan fingerprint density at radius 3 is 2.53 bits per heavy atom. The van der Waals surface area contributed by atoms with Crippen molar-refractivity contribution in [2.45, 2.75) is 51.7 Å². The van der Waals surface area contributed by atoms with Crippen molar-refractivity contribution in [1.82, 2.24) is 20.3 Å². The van der Waals surface area contributed by atoms with Crippen molar-refractivity contribution in [3.8, 4) is 23.0 Å². The minimum Gasteiger partial charge on any atom is -0.426 e. The molecule has 1 atom stereocenters. The molecule has 1 fully saturated rings. The number of ether oxygens (including phenoxy) is 2. The molecule has 1 saturated heterocycles. The molecule has 1 amide bonds. The zero-order valence-electron chi connectivity index (χ0n) is 20.6. The van der Waals surface area contributed by atoms with Gasteiger partial charge in [-0.2, -0.15) is 4.98 Å². The van der Waals surface area contributed by atoms with Gasteiger partial charge in [-0.25, -0.2) is 4.98 Å². The maximum absolute atomic E-state index is 11.5. The van der Waals surface area contributed by atoms with Crippen molar-refractivity contribution >= 4 is 28.7 Å². The van der Waals surface area contributed by atoms with Gasteiger partial charge in [0.05, 0.1) is 27.9 Å². The Balaban J connectivity index is 1.34.